The van der Waals surface area contributed by atoms with E-state index in [1.807, 2.05) is 0 Å². The van der Waals surface area contributed by atoms with Gasteiger partial charge >= 0.3 is 0 Å². The number of nitrogens with one attached hydrogen (secondary N) is 1. The molecular weight excluding hydrogens is 360 g/mol. The Hall–Kier alpha value is -1.40. The van der Waals surface area contributed by atoms with Crippen LogP contribution in [0.1, 0.15) is 68.3 Å². The highest BCUT2D eigenvalue weighted by Crippen LogP contribution is 2.30. The van der Waals surface area contributed by atoms with Crippen molar-refractivity contribution in [3.05, 3.63) is 29.3 Å². The highest BCUT2D eigenvalue weighted by atomic mass is 32.2. The lowest BCUT2D eigenvalue weighted by molar-refractivity contribution is 0.0891. The molecule has 1 N–H and O–H groups in total. The minimum atomic E-state index is -3.55. The molecular formula is C21H32N2O3S. The Morgan fingerprint density at radius 3 is 2.48 bits per heavy atom. The van der Waals surface area contributed by atoms with Gasteiger partial charge in [0.25, 0.3) is 5.91 Å². The maximum Gasteiger partial charge on any atom is 0.251 e. The first kappa shape index (κ1) is 20.3. The molecule has 0 unspecified atom stereocenters. The molecule has 3 atom stereocenters. The summed E-state index contributed by atoms with van der Waals surface area (Å²) >= 11 is 0. The van der Waals surface area contributed by atoms with Crippen LogP contribution in [0.2, 0.25) is 0 Å². The number of hydrogen-bond acceptors (Lipinski definition) is 3. The molecule has 1 heterocycles. The smallest absolute Gasteiger partial charge is 0.251 e. The topological polar surface area (TPSA) is 66.5 Å². The number of carbonyl (C=O) groups excluding carboxylic acids is 1. The molecule has 1 aromatic carbocycles. The number of amides is 1. The van der Waals surface area contributed by atoms with E-state index in [4.69, 9.17) is 0 Å². The van der Waals surface area contributed by atoms with E-state index >= 15 is 0 Å². The van der Waals surface area contributed by atoms with Gasteiger partial charge in [0.1, 0.15) is 0 Å². The van der Waals surface area contributed by atoms with E-state index in [9.17, 15) is 13.2 Å². The summed E-state index contributed by atoms with van der Waals surface area (Å²) in [6, 6.07) is 5.20. The van der Waals surface area contributed by atoms with Gasteiger partial charge in [-0.3, -0.25) is 4.79 Å². The maximum absolute atomic E-state index is 13.1. The molecule has 1 amide bonds. The molecule has 2 aliphatic rings. The molecule has 0 radical (unpaired) electrons. The zero-order valence-electron chi connectivity index (χ0n) is 16.7. The number of carbonyl (C=O) groups is 1. The molecule has 27 heavy (non-hydrogen) atoms. The molecule has 3 rings (SSSR count). The monoisotopic (exact) mass is 392 g/mol. The van der Waals surface area contributed by atoms with Crippen molar-refractivity contribution < 1.29 is 13.2 Å². The molecule has 0 aromatic heterocycles. The fourth-order valence-corrected chi connectivity index (χ4v) is 6.07. The van der Waals surface area contributed by atoms with Crippen LogP contribution in [0.5, 0.6) is 0 Å². The number of nitrogens with zero attached hydrogens (tertiary/aromatic N) is 1. The second-order valence-electron chi connectivity index (χ2n) is 8.29. The van der Waals surface area contributed by atoms with Crippen LogP contribution in [0.4, 0.5) is 0 Å². The van der Waals surface area contributed by atoms with Crippen LogP contribution < -0.4 is 5.32 Å². The van der Waals surface area contributed by atoms with Gasteiger partial charge in [-0.1, -0.05) is 39.2 Å². The minimum absolute atomic E-state index is 0.157. The van der Waals surface area contributed by atoms with Gasteiger partial charge in [-0.05, 0) is 55.7 Å². The zero-order valence-corrected chi connectivity index (χ0v) is 17.5. The average Bonchev–Trinajstić information content (AvgIpc) is 2.66. The first-order chi connectivity index (χ1) is 12.8. The van der Waals surface area contributed by atoms with Gasteiger partial charge < -0.3 is 5.32 Å². The molecule has 1 aliphatic heterocycles. The Labute approximate surface area is 163 Å². The van der Waals surface area contributed by atoms with Crippen molar-refractivity contribution in [1.82, 2.24) is 9.62 Å². The molecule has 1 saturated heterocycles. The van der Waals surface area contributed by atoms with Crippen molar-refractivity contribution in [2.24, 2.45) is 11.8 Å². The molecule has 5 nitrogen and oxygen atoms in total. The normalized spacial score (nSPS) is 27.3. The molecule has 6 heteroatoms. The van der Waals surface area contributed by atoms with E-state index in [2.05, 4.69) is 19.2 Å². The van der Waals surface area contributed by atoms with E-state index < -0.39 is 10.0 Å². The van der Waals surface area contributed by atoms with Crippen LogP contribution in [0.3, 0.4) is 0 Å². The van der Waals surface area contributed by atoms with Crippen molar-refractivity contribution >= 4 is 15.9 Å². The van der Waals surface area contributed by atoms with Crippen molar-refractivity contribution in [3.63, 3.8) is 0 Å². The third kappa shape index (κ3) is 4.37. The fourth-order valence-electron chi connectivity index (χ4n) is 4.30. The van der Waals surface area contributed by atoms with Crippen LogP contribution in [-0.2, 0) is 10.0 Å². The van der Waals surface area contributed by atoms with Crippen LogP contribution in [0.25, 0.3) is 0 Å². The predicted octanol–water partition coefficient (Wildman–Crippen LogP) is 3.72. The van der Waals surface area contributed by atoms with Crippen molar-refractivity contribution in [1.29, 1.82) is 0 Å². The van der Waals surface area contributed by atoms with E-state index in [1.165, 1.54) is 6.42 Å². The Kier molecular flexibility index (Phi) is 6.26. The van der Waals surface area contributed by atoms with Crippen LogP contribution >= 0.6 is 0 Å². The standard InChI is InChI=1S/C21H32N2O3S/c1-15-8-7-9-19(17(15)3)22-21(24)18-11-10-16(2)20(14-18)27(25,26)23-12-5-4-6-13-23/h10-11,14-15,17,19H,4-9,12-13H2,1-3H3,(H,22,24)/t15-,17-,19+/m0/s1. The molecule has 0 spiro atoms. The number of sulfonamides is 1. The summed E-state index contributed by atoms with van der Waals surface area (Å²) < 4.78 is 27.7. The Morgan fingerprint density at radius 2 is 1.78 bits per heavy atom. The summed E-state index contributed by atoms with van der Waals surface area (Å²) in [5.74, 6) is 0.859. The summed E-state index contributed by atoms with van der Waals surface area (Å²) in [5.41, 5.74) is 1.12. The SMILES string of the molecule is Cc1ccc(C(=O)N[C@@H]2CCC[C@H](C)[C@@H]2C)cc1S(=O)(=O)N1CCCCC1. The number of aryl methyl sites for hydroxylation is 1. The van der Waals surface area contributed by atoms with Crippen LogP contribution in [0.15, 0.2) is 23.1 Å². The lowest BCUT2D eigenvalue weighted by Crippen LogP contribution is -2.43. The number of benzene rings is 1. The van der Waals surface area contributed by atoms with Crippen molar-refractivity contribution in [2.75, 3.05) is 13.1 Å². The Morgan fingerprint density at radius 1 is 1.07 bits per heavy atom. The lowest BCUT2D eigenvalue weighted by atomic mass is 9.78. The fraction of sp³-hybridized carbons (Fsp3) is 0.667. The van der Waals surface area contributed by atoms with Gasteiger partial charge in [0.05, 0.1) is 4.90 Å². The summed E-state index contributed by atoms with van der Waals surface area (Å²) in [4.78, 5) is 13.1. The lowest BCUT2D eigenvalue weighted by Gasteiger charge is -2.34. The van der Waals surface area contributed by atoms with Gasteiger partial charge in [0, 0.05) is 24.7 Å². The number of hydrogen-bond donors (Lipinski definition) is 1. The van der Waals surface area contributed by atoms with Gasteiger partial charge in [0.2, 0.25) is 10.0 Å². The average molecular weight is 393 g/mol. The Balaban J connectivity index is 1.81. The highest BCUT2D eigenvalue weighted by molar-refractivity contribution is 7.89. The van der Waals surface area contributed by atoms with Gasteiger partial charge in [-0.2, -0.15) is 4.31 Å². The molecule has 150 valence electrons. The summed E-state index contributed by atoms with van der Waals surface area (Å²) in [7, 11) is -3.55. The quantitative estimate of drug-likeness (QED) is 0.849. The summed E-state index contributed by atoms with van der Waals surface area (Å²) in [6.45, 7) is 7.35. The second-order valence-corrected chi connectivity index (χ2v) is 10.2. The minimum Gasteiger partial charge on any atom is -0.349 e. The van der Waals surface area contributed by atoms with Crippen molar-refractivity contribution in [3.8, 4) is 0 Å². The van der Waals surface area contributed by atoms with Crippen LogP contribution in [0, 0.1) is 18.8 Å². The molecule has 1 aromatic rings. The maximum atomic E-state index is 13.1. The molecule has 0 bridgehead atoms. The number of piperidine rings is 1. The van der Waals surface area contributed by atoms with E-state index in [0.717, 1.165) is 32.1 Å². The van der Waals surface area contributed by atoms with Gasteiger partial charge in [-0.15, -0.1) is 0 Å². The third-order valence-electron chi connectivity index (χ3n) is 6.41. The largest absolute Gasteiger partial charge is 0.349 e. The highest BCUT2D eigenvalue weighted by Gasteiger charge is 2.30. The molecule has 2 fully saturated rings. The van der Waals surface area contributed by atoms with Crippen LogP contribution in [-0.4, -0.2) is 37.8 Å². The van der Waals surface area contributed by atoms with Gasteiger partial charge in [-0.25, -0.2) is 8.42 Å². The molecule has 1 aliphatic carbocycles. The Bertz CT molecular complexity index is 785. The van der Waals surface area contributed by atoms with Crippen molar-refractivity contribution in [2.45, 2.75) is 70.2 Å². The molecule has 1 saturated carbocycles. The zero-order chi connectivity index (χ0) is 19.6. The predicted molar refractivity (Wildman–Crippen MR) is 107 cm³/mol. The first-order valence-electron chi connectivity index (χ1n) is 10.2. The van der Waals surface area contributed by atoms with E-state index in [-0.39, 0.29) is 16.8 Å². The third-order valence-corrected chi connectivity index (χ3v) is 8.45. The first-order valence-corrected chi connectivity index (χ1v) is 11.7. The van der Waals surface area contributed by atoms with Gasteiger partial charge in [0.15, 0.2) is 0 Å². The summed E-state index contributed by atoms with van der Waals surface area (Å²) in [5, 5.41) is 3.15. The number of rotatable bonds is 4. The second kappa shape index (κ2) is 8.31. The summed E-state index contributed by atoms with van der Waals surface area (Å²) in [6.07, 6.45) is 6.19. The van der Waals surface area contributed by atoms with E-state index in [1.54, 1.807) is 29.4 Å². The van der Waals surface area contributed by atoms with E-state index in [0.29, 0.717) is 36.1 Å².